The van der Waals surface area contributed by atoms with Gasteiger partial charge in [0.15, 0.2) is 0 Å². The molecule has 170 valence electrons. The molecule has 0 amide bonds. The first kappa shape index (κ1) is 21.7. The topological polar surface area (TPSA) is 62.7 Å². The number of hydrogen-bond donors (Lipinski definition) is 1. The number of likely N-dealkylation sites (N-methyl/N-ethyl adjacent to an activating group) is 1. The lowest BCUT2D eigenvalue weighted by Crippen LogP contribution is -2.28. The number of halogens is 2. The van der Waals surface area contributed by atoms with E-state index in [0.29, 0.717) is 41.0 Å². The Morgan fingerprint density at radius 1 is 1.00 bits per heavy atom. The van der Waals surface area contributed by atoms with Crippen molar-refractivity contribution in [1.29, 1.82) is 0 Å². The van der Waals surface area contributed by atoms with E-state index in [-0.39, 0.29) is 11.3 Å². The Morgan fingerprint density at radius 2 is 1.71 bits per heavy atom. The van der Waals surface area contributed by atoms with Crippen molar-refractivity contribution in [3.8, 4) is 11.5 Å². The van der Waals surface area contributed by atoms with Gasteiger partial charge in [0, 0.05) is 42.2 Å². The number of pyridine rings is 1. The second-order valence-electron chi connectivity index (χ2n) is 8.25. The predicted molar refractivity (Wildman–Crippen MR) is 126 cm³/mol. The van der Waals surface area contributed by atoms with E-state index in [4.69, 9.17) is 9.72 Å². The summed E-state index contributed by atoms with van der Waals surface area (Å²) < 4.78 is 32.4. The van der Waals surface area contributed by atoms with E-state index in [1.54, 1.807) is 18.2 Å². The van der Waals surface area contributed by atoms with Crippen molar-refractivity contribution < 1.29 is 23.4 Å². The first-order valence-corrected chi connectivity index (χ1v) is 10.7. The zero-order chi connectivity index (χ0) is 23.8. The second kappa shape index (κ2) is 8.68. The predicted octanol–water partition coefficient (Wildman–Crippen LogP) is 5.99. The van der Waals surface area contributed by atoms with Gasteiger partial charge in [-0.1, -0.05) is 30.3 Å². The van der Waals surface area contributed by atoms with Gasteiger partial charge in [0.25, 0.3) is 0 Å². The summed E-state index contributed by atoms with van der Waals surface area (Å²) in [6.07, 6.45) is 1.97. The molecule has 0 unspecified atom stereocenters. The number of ether oxygens (including phenoxy) is 1. The van der Waals surface area contributed by atoms with Crippen LogP contribution in [0.25, 0.3) is 22.6 Å². The van der Waals surface area contributed by atoms with Gasteiger partial charge in [-0.15, -0.1) is 0 Å². The Hall–Kier alpha value is -4.10. The van der Waals surface area contributed by atoms with Crippen molar-refractivity contribution in [3.05, 3.63) is 101 Å². The number of aromatic nitrogens is 1. The minimum atomic E-state index is -0.972. The number of aromatic carboxylic acids is 1. The SMILES string of the molecule is CN1C/C(=C/c2ccc(Oc3cc(F)cc(F)c3)cc2)c2nc3ccccc3c(C(=O)O)c2C1. The van der Waals surface area contributed by atoms with Gasteiger partial charge in [-0.3, -0.25) is 4.90 Å². The van der Waals surface area contributed by atoms with E-state index in [1.165, 1.54) is 0 Å². The first-order chi connectivity index (χ1) is 16.4. The van der Waals surface area contributed by atoms with Gasteiger partial charge in [0.05, 0.1) is 16.8 Å². The molecule has 0 saturated heterocycles. The Balaban J connectivity index is 1.52. The first-order valence-electron chi connectivity index (χ1n) is 10.7. The zero-order valence-electron chi connectivity index (χ0n) is 18.3. The molecule has 0 spiro atoms. The molecule has 1 aliphatic rings. The molecule has 0 radical (unpaired) electrons. The van der Waals surface area contributed by atoms with Crippen LogP contribution in [0, 0.1) is 11.6 Å². The maximum Gasteiger partial charge on any atom is 0.336 e. The summed E-state index contributed by atoms with van der Waals surface area (Å²) in [7, 11) is 1.94. The fourth-order valence-electron chi connectivity index (χ4n) is 4.28. The van der Waals surface area contributed by atoms with E-state index in [0.717, 1.165) is 29.3 Å². The van der Waals surface area contributed by atoms with Gasteiger partial charge in [0.1, 0.15) is 23.1 Å². The Labute approximate surface area is 194 Å². The molecule has 5 nitrogen and oxygen atoms in total. The fraction of sp³-hybridized carbons (Fsp3) is 0.111. The molecule has 4 aromatic rings. The van der Waals surface area contributed by atoms with Crippen molar-refractivity contribution in [1.82, 2.24) is 9.88 Å². The molecular weight excluding hydrogens is 438 g/mol. The molecule has 0 fully saturated rings. The van der Waals surface area contributed by atoms with E-state index in [2.05, 4.69) is 0 Å². The van der Waals surface area contributed by atoms with Crippen LogP contribution in [0.15, 0.2) is 66.7 Å². The maximum absolute atomic E-state index is 13.4. The second-order valence-corrected chi connectivity index (χ2v) is 8.25. The van der Waals surface area contributed by atoms with Crippen LogP contribution in [0.3, 0.4) is 0 Å². The van der Waals surface area contributed by atoms with Crippen LogP contribution in [0.1, 0.15) is 27.2 Å². The molecule has 34 heavy (non-hydrogen) atoms. The van der Waals surface area contributed by atoms with E-state index in [9.17, 15) is 18.7 Å². The molecular formula is C27H20F2N2O3. The van der Waals surface area contributed by atoms with Crippen LogP contribution in [-0.4, -0.2) is 34.6 Å². The van der Waals surface area contributed by atoms with E-state index >= 15 is 0 Å². The quantitative estimate of drug-likeness (QED) is 0.407. The molecule has 0 atom stereocenters. The number of rotatable bonds is 4. The summed E-state index contributed by atoms with van der Waals surface area (Å²) in [4.78, 5) is 19.0. The number of carbonyl (C=O) groups is 1. The van der Waals surface area contributed by atoms with Crippen LogP contribution < -0.4 is 4.74 Å². The summed E-state index contributed by atoms with van der Waals surface area (Å²) in [6, 6.07) is 17.3. The lowest BCUT2D eigenvalue weighted by atomic mass is 9.92. The average Bonchev–Trinajstić information content (AvgIpc) is 2.78. The summed E-state index contributed by atoms with van der Waals surface area (Å²) in [6.45, 7) is 1.10. The molecule has 1 N–H and O–H groups in total. The van der Waals surface area contributed by atoms with Gasteiger partial charge in [-0.05, 0) is 42.5 Å². The van der Waals surface area contributed by atoms with Gasteiger partial charge in [-0.25, -0.2) is 18.6 Å². The van der Waals surface area contributed by atoms with Crippen molar-refractivity contribution >= 4 is 28.5 Å². The number of carboxylic acids is 1. The zero-order valence-corrected chi connectivity index (χ0v) is 18.3. The van der Waals surface area contributed by atoms with E-state index < -0.39 is 17.6 Å². The largest absolute Gasteiger partial charge is 0.478 e. The third kappa shape index (κ3) is 4.25. The number of nitrogens with zero attached hydrogens (tertiary/aromatic N) is 2. The number of fused-ring (bicyclic) bond motifs is 2. The van der Waals surface area contributed by atoms with Crippen molar-refractivity contribution in [2.75, 3.05) is 13.6 Å². The molecule has 0 aliphatic carbocycles. The van der Waals surface area contributed by atoms with Crippen molar-refractivity contribution in [2.24, 2.45) is 0 Å². The molecule has 3 aromatic carbocycles. The van der Waals surface area contributed by atoms with Crippen LogP contribution >= 0.6 is 0 Å². The molecule has 0 saturated carbocycles. The van der Waals surface area contributed by atoms with E-state index in [1.807, 2.05) is 48.4 Å². The summed E-state index contributed by atoms with van der Waals surface area (Å²) in [5, 5.41) is 10.6. The molecule has 2 heterocycles. The highest BCUT2D eigenvalue weighted by Gasteiger charge is 2.27. The lowest BCUT2D eigenvalue weighted by Gasteiger charge is -2.28. The molecule has 1 aromatic heterocycles. The number of benzene rings is 3. The van der Waals surface area contributed by atoms with Crippen LogP contribution in [0.2, 0.25) is 0 Å². The average molecular weight is 458 g/mol. The number of hydrogen-bond acceptors (Lipinski definition) is 4. The summed E-state index contributed by atoms with van der Waals surface area (Å²) in [5.41, 5.74) is 4.06. The minimum Gasteiger partial charge on any atom is -0.478 e. The molecule has 5 rings (SSSR count). The van der Waals surface area contributed by atoms with Crippen molar-refractivity contribution in [2.45, 2.75) is 6.54 Å². The Kier molecular flexibility index (Phi) is 5.55. The van der Waals surface area contributed by atoms with Crippen molar-refractivity contribution in [3.63, 3.8) is 0 Å². The smallest absolute Gasteiger partial charge is 0.336 e. The van der Waals surface area contributed by atoms with Gasteiger partial charge >= 0.3 is 5.97 Å². The highest BCUT2D eigenvalue weighted by atomic mass is 19.1. The van der Waals surface area contributed by atoms with Crippen LogP contribution in [0.5, 0.6) is 11.5 Å². The molecule has 7 heteroatoms. The highest BCUT2D eigenvalue weighted by molar-refractivity contribution is 6.06. The Bertz CT molecular complexity index is 1430. The monoisotopic (exact) mass is 458 g/mol. The van der Waals surface area contributed by atoms with Crippen LogP contribution in [-0.2, 0) is 6.54 Å². The third-order valence-electron chi connectivity index (χ3n) is 5.67. The Morgan fingerprint density at radius 3 is 2.41 bits per heavy atom. The normalized spacial score (nSPS) is 14.9. The highest BCUT2D eigenvalue weighted by Crippen LogP contribution is 2.34. The summed E-state index contributed by atoms with van der Waals surface area (Å²) >= 11 is 0. The minimum absolute atomic E-state index is 0.0729. The molecule has 1 aliphatic heterocycles. The molecule has 0 bridgehead atoms. The van der Waals surface area contributed by atoms with Gasteiger partial charge in [-0.2, -0.15) is 0 Å². The lowest BCUT2D eigenvalue weighted by molar-refractivity contribution is 0.0696. The summed E-state index contributed by atoms with van der Waals surface area (Å²) in [5.74, 6) is -1.89. The number of carboxylic acid groups (broad SMARTS) is 1. The third-order valence-corrected chi connectivity index (χ3v) is 5.67. The van der Waals surface area contributed by atoms with Gasteiger partial charge < -0.3 is 9.84 Å². The fourth-order valence-corrected chi connectivity index (χ4v) is 4.28. The van der Waals surface area contributed by atoms with Crippen LogP contribution in [0.4, 0.5) is 8.78 Å². The van der Waals surface area contributed by atoms with Gasteiger partial charge in [0.2, 0.25) is 0 Å². The standard InChI is InChI=1S/C27H20F2N2O3/c1-31-14-17(26-23(15-31)25(27(32)33)22-4-2-3-5-24(22)30-26)10-16-6-8-20(9-7-16)34-21-12-18(28)11-19(29)13-21/h2-13H,14-15H2,1H3,(H,32,33)/b17-10-. The maximum atomic E-state index is 13.4. The number of para-hydroxylation sites is 1.